The molecular weight excluding hydrogens is 532 g/mol. The van der Waals surface area contributed by atoms with Crippen molar-refractivity contribution < 1.29 is 27.5 Å². The number of benzene rings is 2. The highest BCUT2D eigenvalue weighted by Crippen LogP contribution is 2.33. The molecule has 9 nitrogen and oxygen atoms in total. The average molecular weight is 553 g/mol. The highest BCUT2D eigenvalue weighted by atomic mass is 35.5. The summed E-state index contributed by atoms with van der Waals surface area (Å²) in [7, 11) is 1.92. The van der Waals surface area contributed by atoms with Gasteiger partial charge in [0.05, 0.1) is 11.2 Å². The lowest BCUT2D eigenvalue weighted by molar-refractivity contribution is -0.192. The molecule has 0 radical (unpaired) electrons. The molecule has 0 saturated carbocycles. The summed E-state index contributed by atoms with van der Waals surface area (Å²) in [5.74, 6) is -2.70. The monoisotopic (exact) mass is 552 g/mol. The number of nitrogens with one attached hydrogen (secondary N) is 1. The zero-order chi connectivity index (χ0) is 27.8. The molecule has 14 heteroatoms. The second kappa shape index (κ2) is 10.3. The van der Waals surface area contributed by atoms with Gasteiger partial charge in [-0.25, -0.2) is 23.6 Å². The summed E-state index contributed by atoms with van der Waals surface area (Å²) in [4.78, 5) is 21.8. The van der Waals surface area contributed by atoms with Gasteiger partial charge >= 0.3 is 17.8 Å². The molecule has 0 aliphatic heterocycles. The number of rotatable bonds is 5. The van der Waals surface area contributed by atoms with Gasteiger partial charge in [-0.05, 0) is 49.4 Å². The summed E-state index contributed by atoms with van der Waals surface area (Å²) in [6.07, 6.45) is -0.574. The van der Waals surface area contributed by atoms with Crippen LogP contribution >= 0.6 is 11.6 Å². The maximum Gasteiger partial charge on any atom is 0.490 e. The second-order valence-corrected chi connectivity index (χ2v) is 8.75. The van der Waals surface area contributed by atoms with Crippen LogP contribution in [0, 0.1) is 5.82 Å². The van der Waals surface area contributed by atoms with Crippen molar-refractivity contribution in [1.29, 1.82) is 0 Å². The van der Waals surface area contributed by atoms with E-state index in [1.165, 1.54) is 16.7 Å². The minimum Gasteiger partial charge on any atom is -0.475 e. The summed E-state index contributed by atoms with van der Waals surface area (Å²) in [6, 6.07) is 10.2. The first kappa shape index (κ1) is 26.9. The molecule has 0 saturated heterocycles. The van der Waals surface area contributed by atoms with Crippen molar-refractivity contribution in [2.45, 2.75) is 19.1 Å². The predicted octanol–water partition coefficient (Wildman–Crippen LogP) is 4.45. The molecule has 5 aromatic rings. The Hall–Kier alpha value is -4.10. The van der Waals surface area contributed by atoms with E-state index in [0.717, 1.165) is 28.4 Å². The summed E-state index contributed by atoms with van der Waals surface area (Å²) < 4.78 is 51.3. The fraction of sp³-hybridized carbons (Fsp3) is 0.208. The fourth-order valence-corrected chi connectivity index (χ4v) is 4.29. The fourth-order valence-electron chi connectivity index (χ4n) is 4.12. The van der Waals surface area contributed by atoms with Gasteiger partial charge in [0.15, 0.2) is 5.82 Å². The SMILES string of the molecule is Cn1cc(-c2n[nH]c(=O)n2-c2cn(CCCN)c3ccc(F)cc23)c2cc(Cl)ccc21.O=C(O)C(F)(F)F. The molecule has 3 aromatic heterocycles. The molecular formula is C24H21ClF4N6O3. The maximum absolute atomic E-state index is 14.1. The van der Waals surface area contributed by atoms with E-state index in [4.69, 9.17) is 27.2 Å². The number of alkyl halides is 3. The van der Waals surface area contributed by atoms with Crippen LogP contribution in [-0.4, -0.2) is 47.7 Å². The normalized spacial score (nSPS) is 11.7. The molecule has 0 amide bonds. The topological polar surface area (TPSA) is 124 Å². The van der Waals surface area contributed by atoms with Gasteiger partial charge < -0.3 is 20.0 Å². The molecule has 0 fully saturated rings. The number of carboxylic acid groups (broad SMARTS) is 1. The highest BCUT2D eigenvalue weighted by molar-refractivity contribution is 6.31. The number of halogens is 5. The molecule has 0 atom stereocenters. The molecule has 5 rings (SSSR count). The minimum absolute atomic E-state index is 0.375. The quantitative estimate of drug-likeness (QED) is 0.278. The van der Waals surface area contributed by atoms with Gasteiger partial charge in [-0.15, -0.1) is 0 Å². The number of nitrogens with two attached hydrogens (primary N) is 1. The summed E-state index contributed by atoms with van der Waals surface area (Å²) >= 11 is 6.24. The number of hydrogen-bond acceptors (Lipinski definition) is 4. The molecule has 4 N–H and O–H groups in total. The van der Waals surface area contributed by atoms with Crippen molar-refractivity contribution in [2.24, 2.45) is 12.8 Å². The first-order chi connectivity index (χ1) is 17.9. The number of aliphatic carboxylic acids is 1. The van der Waals surface area contributed by atoms with Crippen LogP contribution in [0.5, 0.6) is 0 Å². The molecule has 2 aromatic carbocycles. The van der Waals surface area contributed by atoms with Gasteiger partial charge in [-0.2, -0.15) is 18.3 Å². The lowest BCUT2D eigenvalue weighted by Crippen LogP contribution is -2.21. The molecule has 0 bridgehead atoms. The van der Waals surface area contributed by atoms with Crippen LogP contribution in [0.15, 0.2) is 53.6 Å². The highest BCUT2D eigenvalue weighted by Gasteiger charge is 2.38. The molecule has 3 heterocycles. The Balaban J connectivity index is 0.000000426. The lowest BCUT2D eigenvalue weighted by Gasteiger charge is -2.04. The number of carboxylic acids is 1. The third kappa shape index (κ3) is 5.15. The first-order valence-corrected chi connectivity index (χ1v) is 11.5. The summed E-state index contributed by atoms with van der Waals surface area (Å²) in [5, 5.41) is 16.1. The van der Waals surface area contributed by atoms with Crippen molar-refractivity contribution in [3.63, 3.8) is 0 Å². The molecule has 0 spiro atoms. The zero-order valence-electron chi connectivity index (χ0n) is 19.8. The Labute approximate surface area is 216 Å². The zero-order valence-corrected chi connectivity index (χ0v) is 20.5. The van der Waals surface area contributed by atoms with Crippen LogP contribution in [0.1, 0.15) is 6.42 Å². The maximum atomic E-state index is 14.1. The lowest BCUT2D eigenvalue weighted by atomic mass is 10.1. The van der Waals surface area contributed by atoms with Crippen LogP contribution in [-0.2, 0) is 18.4 Å². The van der Waals surface area contributed by atoms with E-state index in [1.54, 1.807) is 6.07 Å². The van der Waals surface area contributed by atoms with Gasteiger partial charge in [0.25, 0.3) is 0 Å². The van der Waals surface area contributed by atoms with Gasteiger partial charge in [0, 0.05) is 52.9 Å². The Kier molecular flexibility index (Phi) is 7.33. The van der Waals surface area contributed by atoms with E-state index in [-0.39, 0.29) is 5.82 Å². The smallest absolute Gasteiger partial charge is 0.475 e. The number of hydrogen-bond donors (Lipinski definition) is 3. The van der Waals surface area contributed by atoms with E-state index in [2.05, 4.69) is 10.2 Å². The molecule has 0 aliphatic carbocycles. The van der Waals surface area contributed by atoms with Gasteiger partial charge in [0.1, 0.15) is 5.82 Å². The number of nitrogens with zero attached hydrogens (tertiary/aromatic N) is 4. The van der Waals surface area contributed by atoms with Crippen molar-refractivity contribution in [2.75, 3.05) is 6.54 Å². The number of aromatic amines is 1. The number of aromatic nitrogens is 5. The molecule has 0 unspecified atom stereocenters. The standard InChI is InChI=1S/C22H20ClFN6O.C2HF3O2/c1-28-11-17(15-9-13(23)3-5-18(15)28)21-26-27-22(31)30(21)20-12-29(8-2-7-25)19-6-4-14(24)10-16(19)20;3-2(4,5)1(6)7/h3-6,9-12H,2,7-8,25H2,1H3,(H,27,31);(H,6,7). The first-order valence-electron chi connectivity index (χ1n) is 11.1. The predicted molar refractivity (Wildman–Crippen MR) is 134 cm³/mol. The molecule has 0 aliphatic rings. The Morgan fingerprint density at radius 3 is 2.47 bits per heavy atom. The van der Waals surface area contributed by atoms with Crippen LogP contribution in [0.3, 0.4) is 0 Å². The van der Waals surface area contributed by atoms with E-state index in [9.17, 15) is 22.4 Å². The van der Waals surface area contributed by atoms with Crippen molar-refractivity contribution in [3.8, 4) is 17.1 Å². The second-order valence-electron chi connectivity index (χ2n) is 8.32. The van der Waals surface area contributed by atoms with E-state index < -0.39 is 17.8 Å². The van der Waals surface area contributed by atoms with Gasteiger partial charge in [0.2, 0.25) is 0 Å². The van der Waals surface area contributed by atoms with Crippen LogP contribution < -0.4 is 11.4 Å². The van der Waals surface area contributed by atoms with Crippen molar-refractivity contribution in [1.82, 2.24) is 23.9 Å². The van der Waals surface area contributed by atoms with Crippen molar-refractivity contribution >= 4 is 39.4 Å². The average Bonchev–Trinajstić information content (AvgIpc) is 3.49. The van der Waals surface area contributed by atoms with Crippen LogP contribution in [0.2, 0.25) is 5.02 Å². The van der Waals surface area contributed by atoms with Gasteiger partial charge in [-0.3, -0.25) is 0 Å². The van der Waals surface area contributed by atoms with Crippen LogP contribution in [0.4, 0.5) is 17.6 Å². The molecule has 200 valence electrons. The Bertz CT molecular complexity index is 1700. The minimum atomic E-state index is -5.08. The van der Waals surface area contributed by atoms with E-state index >= 15 is 0 Å². The number of aryl methyl sites for hydroxylation is 2. The summed E-state index contributed by atoms with van der Waals surface area (Å²) in [6.45, 7) is 1.19. The molecule has 38 heavy (non-hydrogen) atoms. The summed E-state index contributed by atoms with van der Waals surface area (Å²) in [5.41, 5.74) is 8.36. The third-order valence-electron chi connectivity index (χ3n) is 5.77. The van der Waals surface area contributed by atoms with Crippen LogP contribution in [0.25, 0.3) is 38.9 Å². The number of carbonyl (C=O) groups is 1. The largest absolute Gasteiger partial charge is 0.490 e. The van der Waals surface area contributed by atoms with E-state index in [1.807, 2.05) is 46.8 Å². The Morgan fingerprint density at radius 2 is 1.82 bits per heavy atom. The van der Waals surface area contributed by atoms with Crippen molar-refractivity contribution in [3.05, 3.63) is 70.1 Å². The van der Waals surface area contributed by atoms with E-state index in [0.29, 0.717) is 35.0 Å². The third-order valence-corrected chi connectivity index (χ3v) is 6.01. The number of fused-ring (bicyclic) bond motifs is 2. The van der Waals surface area contributed by atoms with Gasteiger partial charge in [-0.1, -0.05) is 11.6 Å². The number of H-pyrrole nitrogens is 1. The Morgan fingerprint density at radius 1 is 1.13 bits per heavy atom.